The molecule has 88 valence electrons. The van der Waals surface area contributed by atoms with Gasteiger partial charge in [0.1, 0.15) is 6.04 Å². The molecule has 1 fully saturated rings. The van der Waals surface area contributed by atoms with E-state index in [4.69, 9.17) is 5.11 Å². The van der Waals surface area contributed by atoms with Crippen LogP contribution in [-0.2, 0) is 14.3 Å². The molecule has 1 saturated heterocycles. The van der Waals surface area contributed by atoms with E-state index in [0.717, 1.165) is 7.11 Å². The van der Waals surface area contributed by atoms with Crippen LogP contribution in [0.2, 0.25) is 0 Å². The van der Waals surface area contributed by atoms with Crippen LogP contribution < -0.4 is 0 Å². The molecule has 1 aliphatic rings. The van der Waals surface area contributed by atoms with Gasteiger partial charge in [-0.15, -0.1) is 6.58 Å². The molecule has 0 aromatic rings. The number of amides is 2. The number of nitrogens with zero attached hydrogens (tertiary/aromatic N) is 1. The van der Waals surface area contributed by atoms with Crippen molar-refractivity contribution >= 4 is 18.0 Å². The molecule has 2 atom stereocenters. The third-order valence-corrected chi connectivity index (χ3v) is 2.54. The highest BCUT2D eigenvalue weighted by Crippen LogP contribution is 2.28. The van der Waals surface area contributed by atoms with Crippen LogP contribution in [-0.4, -0.2) is 41.1 Å². The third-order valence-electron chi connectivity index (χ3n) is 2.54. The maximum absolute atomic E-state index is 11.7. The van der Waals surface area contributed by atoms with E-state index in [2.05, 4.69) is 11.3 Å². The second-order valence-corrected chi connectivity index (χ2v) is 3.49. The first-order chi connectivity index (χ1) is 7.52. The first-order valence-electron chi connectivity index (χ1n) is 4.77. The lowest BCUT2D eigenvalue weighted by Crippen LogP contribution is -2.42. The molecule has 0 spiro atoms. The van der Waals surface area contributed by atoms with Crippen molar-refractivity contribution in [1.29, 1.82) is 0 Å². The Kier molecular flexibility index (Phi) is 3.65. The van der Waals surface area contributed by atoms with Gasteiger partial charge in [-0.3, -0.25) is 4.79 Å². The third kappa shape index (κ3) is 2.05. The number of carbonyl (C=O) groups excluding carboxylic acids is 2. The molecule has 0 bridgehead atoms. The smallest absolute Gasteiger partial charge is 0.414 e. The Labute approximate surface area is 92.5 Å². The van der Waals surface area contributed by atoms with Gasteiger partial charge in [0.15, 0.2) is 0 Å². The lowest BCUT2D eigenvalue weighted by molar-refractivity contribution is -0.148. The lowest BCUT2D eigenvalue weighted by Gasteiger charge is -2.16. The number of rotatable bonds is 3. The Morgan fingerprint density at radius 1 is 1.69 bits per heavy atom. The molecule has 0 saturated carbocycles. The quantitative estimate of drug-likeness (QED) is 0.564. The highest BCUT2D eigenvalue weighted by Gasteiger charge is 2.46. The average Bonchev–Trinajstić information content (AvgIpc) is 2.56. The summed E-state index contributed by atoms with van der Waals surface area (Å²) in [4.78, 5) is 34.4. The number of carboxylic acid groups (broad SMARTS) is 1. The summed E-state index contributed by atoms with van der Waals surface area (Å²) in [5.74, 6) is -1.78. The van der Waals surface area contributed by atoms with Crippen molar-refractivity contribution in [2.45, 2.75) is 18.9 Å². The zero-order valence-corrected chi connectivity index (χ0v) is 8.88. The van der Waals surface area contributed by atoms with Gasteiger partial charge < -0.3 is 9.84 Å². The topological polar surface area (TPSA) is 83.9 Å². The van der Waals surface area contributed by atoms with Crippen LogP contribution >= 0.6 is 0 Å². The summed E-state index contributed by atoms with van der Waals surface area (Å²) >= 11 is 0. The zero-order chi connectivity index (χ0) is 12.3. The number of imide groups is 1. The molecule has 2 amide bonds. The average molecular weight is 227 g/mol. The number of hydrogen-bond donors (Lipinski definition) is 1. The molecule has 0 aromatic carbocycles. The van der Waals surface area contributed by atoms with Gasteiger partial charge in [-0.1, -0.05) is 6.08 Å². The van der Waals surface area contributed by atoms with Crippen LogP contribution in [0.15, 0.2) is 12.7 Å². The molecular weight excluding hydrogens is 214 g/mol. The molecule has 6 heteroatoms. The summed E-state index contributed by atoms with van der Waals surface area (Å²) in [6.45, 7) is 3.48. The summed E-state index contributed by atoms with van der Waals surface area (Å²) in [7, 11) is 1.16. The predicted octanol–water partition coefficient (Wildman–Crippen LogP) is 0.631. The van der Waals surface area contributed by atoms with Crippen molar-refractivity contribution in [1.82, 2.24) is 4.90 Å². The fourth-order valence-electron chi connectivity index (χ4n) is 1.79. The second kappa shape index (κ2) is 4.78. The van der Waals surface area contributed by atoms with E-state index in [0.29, 0.717) is 11.3 Å². The summed E-state index contributed by atoms with van der Waals surface area (Å²) in [6.07, 6.45) is 0.620. The Bertz CT molecular complexity index is 338. The minimum Gasteiger partial charge on any atom is -0.467 e. The predicted molar refractivity (Wildman–Crippen MR) is 53.6 cm³/mol. The molecule has 0 aliphatic carbocycles. The summed E-state index contributed by atoms with van der Waals surface area (Å²) in [5.41, 5.74) is 0. The first kappa shape index (κ1) is 12.2. The number of ether oxygens (including phenoxy) is 1. The van der Waals surface area contributed by atoms with Gasteiger partial charge >= 0.3 is 12.1 Å². The second-order valence-electron chi connectivity index (χ2n) is 3.49. The number of esters is 1. The molecule has 2 unspecified atom stereocenters. The maximum Gasteiger partial charge on any atom is 0.414 e. The monoisotopic (exact) mass is 227 g/mol. The Hall–Kier alpha value is -1.85. The standard InChI is InChI=1S/C10H13NO5/c1-3-4-6-5-7(9(13)16-2)11(8(6)12)10(14)15/h3,6-7H,1,4-5H2,2H3,(H,14,15). The molecule has 6 nitrogen and oxygen atoms in total. The maximum atomic E-state index is 11.7. The number of carbonyl (C=O) groups is 3. The van der Waals surface area contributed by atoms with Crippen LogP contribution in [0.3, 0.4) is 0 Å². The van der Waals surface area contributed by atoms with Crippen molar-refractivity contribution in [3.8, 4) is 0 Å². The highest BCUT2D eigenvalue weighted by molar-refractivity contribution is 6.00. The Morgan fingerprint density at radius 2 is 2.31 bits per heavy atom. The molecular formula is C10H13NO5. The van der Waals surface area contributed by atoms with E-state index in [9.17, 15) is 14.4 Å². The number of hydrogen-bond acceptors (Lipinski definition) is 4. The van der Waals surface area contributed by atoms with Crippen LogP contribution in [0.25, 0.3) is 0 Å². The normalized spacial score (nSPS) is 24.3. The first-order valence-corrected chi connectivity index (χ1v) is 4.77. The van der Waals surface area contributed by atoms with Gasteiger partial charge in [0.05, 0.1) is 7.11 Å². The van der Waals surface area contributed by atoms with E-state index >= 15 is 0 Å². The summed E-state index contributed by atoms with van der Waals surface area (Å²) in [5, 5.41) is 8.86. The van der Waals surface area contributed by atoms with Crippen molar-refractivity contribution in [2.75, 3.05) is 7.11 Å². The minimum atomic E-state index is -1.42. The molecule has 1 N–H and O–H groups in total. The van der Waals surface area contributed by atoms with Crippen molar-refractivity contribution in [2.24, 2.45) is 5.92 Å². The van der Waals surface area contributed by atoms with Gasteiger partial charge in [-0.2, -0.15) is 0 Å². The molecule has 1 heterocycles. The zero-order valence-electron chi connectivity index (χ0n) is 8.88. The largest absolute Gasteiger partial charge is 0.467 e. The number of likely N-dealkylation sites (tertiary alicyclic amines) is 1. The molecule has 0 radical (unpaired) electrons. The van der Waals surface area contributed by atoms with Crippen molar-refractivity contribution in [3.05, 3.63) is 12.7 Å². The van der Waals surface area contributed by atoms with E-state index in [1.54, 1.807) is 0 Å². The van der Waals surface area contributed by atoms with Crippen molar-refractivity contribution in [3.63, 3.8) is 0 Å². The minimum absolute atomic E-state index is 0.157. The van der Waals surface area contributed by atoms with E-state index in [1.165, 1.54) is 6.08 Å². The van der Waals surface area contributed by atoms with Crippen LogP contribution in [0.4, 0.5) is 4.79 Å². The fraction of sp³-hybridized carbons (Fsp3) is 0.500. The SMILES string of the molecule is C=CCC1CC(C(=O)OC)N(C(=O)O)C1=O. The highest BCUT2D eigenvalue weighted by atomic mass is 16.5. The molecule has 1 aliphatic heterocycles. The Morgan fingerprint density at radius 3 is 2.75 bits per heavy atom. The van der Waals surface area contributed by atoms with Gasteiger partial charge in [0, 0.05) is 5.92 Å². The van der Waals surface area contributed by atoms with E-state index in [1.807, 2.05) is 0 Å². The fourth-order valence-corrected chi connectivity index (χ4v) is 1.79. The molecule has 16 heavy (non-hydrogen) atoms. The molecule has 1 rings (SSSR count). The molecule has 0 aromatic heterocycles. The Balaban J connectivity index is 2.92. The number of methoxy groups -OCH3 is 1. The number of allylic oxidation sites excluding steroid dienone is 1. The van der Waals surface area contributed by atoms with E-state index < -0.39 is 29.9 Å². The summed E-state index contributed by atoms with van der Waals surface area (Å²) in [6, 6.07) is -1.03. The van der Waals surface area contributed by atoms with Gasteiger partial charge in [0.25, 0.3) is 0 Å². The van der Waals surface area contributed by atoms with E-state index in [-0.39, 0.29) is 6.42 Å². The van der Waals surface area contributed by atoms with Crippen LogP contribution in [0.5, 0.6) is 0 Å². The summed E-state index contributed by atoms with van der Waals surface area (Å²) < 4.78 is 4.47. The lowest BCUT2D eigenvalue weighted by atomic mass is 10.0. The van der Waals surface area contributed by atoms with Crippen molar-refractivity contribution < 1.29 is 24.2 Å². The van der Waals surface area contributed by atoms with Crippen LogP contribution in [0.1, 0.15) is 12.8 Å². The van der Waals surface area contributed by atoms with Crippen LogP contribution in [0, 0.1) is 5.92 Å². The van der Waals surface area contributed by atoms with Gasteiger partial charge in [-0.05, 0) is 12.8 Å². The van der Waals surface area contributed by atoms with Gasteiger partial charge in [-0.25, -0.2) is 14.5 Å². The van der Waals surface area contributed by atoms with Gasteiger partial charge in [0.2, 0.25) is 5.91 Å².